The molecule has 29 heavy (non-hydrogen) atoms. The third-order valence-electron chi connectivity index (χ3n) is 4.99. The fourth-order valence-electron chi connectivity index (χ4n) is 3.31. The first kappa shape index (κ1) is 21.2. The zero-order valence-corrected chi connectivity index (χ0v) is 16.2. The number of carbonyl (C=O) groups is 2. The van der Waals surface area contributed by atoms with E-state index in [1.54, 1.807) is 18.5 Å². The van der Waals surface area contributed by atoms with Crippen molar-refractivity contribution in [1.29, 1.82) is 0 Å². The van der Waals surface area contributed by atoms with Crippen molar-refractivity contribution in [2.75, 3.05) is 6.61 Å². The van der Waals surface area contributed by atoms with Gasteiger partial charge in [-0.05, 0) is 25.3 Å². The van der Waals surface area contributed by atoms with Gasteiger partial charge in [-0.2, -0.15) is 0 Å². The lowest BCUT2D eigenvalue weighted by Gasteiger charge is -2.28. The van der Waals surface area contributed by atoms with E-state index in [4.69, 9.17) is 15.2 Å². The number of nitrogens with two attached hydrogens (primary N) is 1. The molecule has 1 fully saturated rings. The Hall–Kier alpha value is -2.52. The topological polar surface area (TPSA) is 122 Å². The molecule has 3 rings (SSSR count). The van der Waals surface area contributed by atoms with Gasteiger partial charge in [0.15, 0.2) is 12.0 Å². The molecule has 0 spiro atoms. The lowest BCUT2D eigenvalue weighted by Crippen LogP contribution is -2.40. The molecule has 0 aromatic heterocycles. The molecule has 156 valence electrons. The van der Waals surface area contributed by atoms with E-state index in [1.807, 2.05) is 30.3 Å². The van der Waals surface area contributed by atoms with Crippen LogP contribution in [0, 0.1) is 0 Å². The van der Waals surface area contributed by atoms with Gasteiger partial charge in [0.25, 0.3) is 0 Å². The second kappa shape index (κ2) is 9.32. The van der Waals surface area contributed by atoms with E-state index in [2.05, 4.69) is 0 Å². The predicted molar refractivity (Wildman–Crippen MR) is 104 cm³/mol. The number of esters is 1. The van der Waals surface area contributed by atoms with Gasteiger partial charge in [-0.25, -0.2) is 0 Å². The van der Waals surface area contributed by atoms with Crippen LogP contribution in [-0.2, 0) is 25.5 Å². The Labute approximate surface area is 169 Å². The SMILES string of the molecule is CC(=O)C1=CN([C@@H]2O[C@H](COC(=O)[C@@H](N)Cc3ccccc3)[C@@H](O)[C@H]2O)C=CC1. The standard InChI is InChI=1S/C21H26N2O6/c1-13(24)15-8-5-9-23(11-15)20-19(26)18(25)17(29-20)12-28-21(27)16(22)10-14-6-3-2-4-7-14/h2-7,9,11,16-20,25-26H,8,10,12,22H2,1H3/t16-,17+,18+,19+,20+/m0/s1. The van der Waals surface area contributed by atoms with Crippen LogP contribution in [-0.4, -0.2) is 64.1 Å². The molecule has 0 unspecified atom stereocenters. The van der Waals surface area contributed by atoms with Crippen molar-refractivity contribution in [1.82, 2.24) is 4.90 Å². The summed E-state index contributed by atoms with van der Waals surface area (Å²) in [5.41, 5.74) is 7.38. The lowest BCUT2D eigenvalue weighted by atomic mass is 10.1. The maximum atomic E-state index is 12.2. The van der Waals surface area contributed by atoms with Crippen LogP contribution >= 0.6 is 0 Å². The molecule has 8 heteroatoms. The fourth-order valence-corrected chi connectivity index (χ4v) is 3.31. The molecule has 1 aromatic carbocycles. The normalized spacial score (nSPS) is 27.4. The molecule has 2 aliphatic rings. The number of rotatable bonds is 7. The summed E-state index contributed by atoms with van der Waals surface area (Å²) in [6, 6.07) is 8.49. The summed E-state index contributed by atoms with van der Waals surface area (Å²) >= 11 is 0. The van der Waals surface area contributed by atoms with Gasteiger partial charge in [-0.15, -0.1) is 0 Å². The van der Waals surface area contributed by atoms with Gasteiger partial charge >= 0.3 is 5.97 Å². The predicted octanol–water partition coefficient (Wildman–Crippen LogP) is 0.239. The van der Waals surface area contributed by atoms with Gasteiger partial charge in [-0.3, -0.25) is 9.59 Å². The lowest BCUT2D eigenvalue weighted by molar-refractivity contribution is -0.152. The zero-order chi connectivity index (χ0) is 21.0. The summed E-state index contributed by atoms with van der Waals surface area (Å²) in [4.78, 5) is 25.3. The van der Waals surface area contributed by atoms with Crippen molar-refractivity contribution in [3.8, 4) is 0 Å². The van der Waals surface area contributed by atoms with Crippen LogP contribution in [0.1, 0.15) is 18.9 Å². The highest BCUT2D eigenvalue weighted by Crippen LogP contribution is 2.27. The maximum Gasteiger partial charge on any atom is 0.323 e. The third kappa shape index (κ3) is 5.10. The smallest absolute Gasteiger partial charge is 0.323 e. The number of ether oxygens (including phenoxy) is 2. The highest BCUT2D eigenvalue weighted by Gasteiger charge is 2.45. The average Bonchev–Trinajstić information content (AvgIpc) is 3.01. The van der Waals surface area contributed by atoms with E-state index in [0.29, 0.717) is 18.4 Å². The molecule has 1 aromatic rings. The Bertz CT molecular complexity index is 794. The highest BCUT2D eigenvalue weighted by atomic mass is 16.6. The van der Waals surface area contributed by atoms with Gasteiger partial charge in [0.1, 0.15) is 31.0 Å². The largest absolute Gasteiger partial charge is 0.462 e. The van der Waals surface area contributed by atoms with Crippen LogP contribution in [0.5, 0.6) is 0 Å². The fraction of sp³-hybridized carbons (Fsp3) is 0.429. The second-order valence-corrected chi connectivity index (χ2v) is 7.22. The molecule has 5 atom stereocenters. The molecule has 1 saturated heterocycles. The van der Waals surface area contributed by atoms with Crippen molar-refractivity contribution in [2.24, 2.45) is 5.73 Å². The van der Waals surface area contributed by atoms with Crippen molar-refractivity contribution in [3.63, 3.8) is 0 Å². The Balaban J connectivity index is 1.55. The minimum atomic E-state index is -1.25. The number of aliphatic hydroxyl groups is 2. The van der Waals surface area contributed by atoms with Crippen molar-refractivity contribution >= 4 is 11.8 Å². The summed E-state index contributed by atoms with van der Waals surface area (Å²) in [5, 5.41) is 20.6. The molecular formula is C21H26N2O6. The number of Topliss-reactive ketones (excluding diaryl/α,β-unsaturated/α-hetero) is 1. The molecule has 0 bridgehead atoms. The Morgan fingerprint density at radius 2 is 2.00 bits per heavy atom. The van der Waals surface area contributed by atoms with Crippen molar-refractivity contribution < 1.29 is 29.3 Å². The molecular weight excluding hydrogens is 376 g/mol. The van der Waals surface area contributed by atoms with Crippen molar-refractivity contribution in [2.45, 2.75) is 50.3 Å². The van der Waals surface area contributed by atoms with Crippen molar-refractivity contribution in [3.05, 3.63) is 59.9 Å². The van der Waals surface area contributed by atoms with Crippen LogP contribution in [0.3, 0.4) is 0 Å². The second-order valence-electron chi connectivity index (χ2n) is 7.22. The Morgan fingerprint density at radius 1 is 1.28 bits per heavy atom. The highest BCUT2D eigenvalue weighted by molar-refractivity contribution is 5.93. The number of aliphatic hydroxyl groups excluding tert-OH is 2. The monoisotopic (exact) mass is 402 g/mol. The summed E-state index contributed by atoms with van der Waals surface area (Å²) in [6.07, 6.45) is 1.59. The third-order valence-corrected chi connectivity index (χ3v) is 4.99. The molecule has 0 radical (unpaired) electrons. The summed E-state index contributed by atoms with van der Waals surface area (Å²) < 4.78 is 10.9. The number of ketones is 1. The number of hydrogen-bond donors (Lipinski definition) is 3. The summed E-state index contributed by atoms with van der Waals surface area (Å²) in [7, 11) is 0. The molecule has 2 aliphatic heterocycles. The molecule has 2 heterocycles. The van der Waals surface area contributed by atoms with E-state index in [-0.39, 0.29) is 12.4 Å². The maximum absolute atomic E-state index is 12.2. The number of allylic oxidation sites excluding steroid dienone is 2. The number of nitrogens with zero attached hydrogens (tertiary/aromatic N) is 1. The van der Waals surface area contributed by atoms with E-state index >= 15 is 0 Å². The van der Waals surface area contributed by atoms with Gasteiger partial charge in [-0.1, -0.05) is 36.4 Å². The molecule has 4 N–H and O–H groups in total. The van der Waals surface area contributed by atoms with Crippen LogP contribution in [0.15, 0.2) is 54.4 Å². The Morgan fingerprint density at radius 3 is 2.69 bits per heavy atom. The number of carbonyl (C=O) groups excluding carboxylic acids is 2. The minimum absolute atomic E-state index is 0.0785. The first-order valence-corrected chi connectivity index (χ1v) is 9.50. The van der Waals surface area contributed by atoms with Crippen LogP contribution < -0.4 is 5.73 Å². The quantitative estimate of drug-likeness (QED) is 0.555. The molecule has 0 aliphatic carbocycles. The van der Waals surface area contributed by atoms with E-state index in [1.165, 1.54) is 11.8 Å². The van der Waals surface area contributed by atoms with Gasteiger partial charge in [0.2, 0.25) is 0 Å². The molecule has 0 amide bonds. The van der Waals surface area contributed by atoms with Crippen LogP contribution in [0.4, 0.5) is 0 Å². The average molecular weight is 402 g/mol. The van der Waals surface area contributed by atoms with Gasteiger partial charge < -0.3 is 30.3 Å². The molecule has 8 nitrogen and oxygen atoms in total. The van der Waals surface area contributed by atoms with Crippen LogP contribution in [0.25, 0.3) is 0 Å². The number of benzene rings is 1. The first-order chi connectivity index (χ1) is 13.9. The van der Waals surface area contributed by atoms with Gasteiger partial charge in [0.05, 0.1) is 0 Å². The first-order valence-electron chi connectivity index (χ1n) is 9.50. The number of hydrogen-bond acceptors (Lipinski definition) is 8. The summed E-state index contributed by atoms with van der Waals surface area (Å²) in [6.45, 7) is 1.22. The Kier molecular flexibility index (Phi) is 6.81. The minimum Gasteiger partial charge on any atom is -0.462 e. The summed E-state index contributed by atoms with van der Waals surface area (Å²) in [5.74, 6) is -0.690. The van der Waals surface area contributed by atoms with Crippen LogP contribution in [0.2, 0.25) is 0 Å². The van der Waals surface area contributed by atoms with Gasteiger partial charge in [0, 0.05) is 18.0 Å². The van der Waals surface area contributed by atoms with E-state index in [0.717, 1.165) is 5.56 Å². The van der Waals surface area contributed by atoms with E-state index < -0.39 is 36.6 Å². The molecule has 0 saturated carbocycles. The zero-order valence-electron chi connectivity index (χ0n) is 16.2. The van der Waals surface area contributed by atoms with E-state index in [9.17, 15) is 19.8 Å².